The van der Waals surface area contributed by atoms with Gasteiger partial charge in [-0.3, -0.25) is 0 Å². The molecule has 0 saturated carbocycles. The van der Waals surface area contributed by atoms with E-state index in [1.165, 1.54) is 0 Å². The quantitative estimate of drug-likeness (QED) is 0.383. The molecule has 0 amide bonds. The van der Waals surface area contributed by atoms with Crippen molar-refractivity contribution in [2.45, 2.75) is 6.92 Å². The van der Waals surface area contributed by atoms with Crippen molar-refractivity contribution in [2.75, 3.05) is 12.8 Å². The topological polar surface area (TPSA) is 80.1 Å². The Balaban J connectivity index is 3.11. The van der Waals surface area contributed by atoms with Crippen molar-refractivity contribution in [3.63, 3.8) is 0 Å². The first kappa shape index (κ1) is 8.27. The van der Waals surface area contributed by atoms with Crippen molar-refractivity contribution in [1.29, 1.82) is 0 Å². The van der Waals surface area contributed by atoms with Crippen LogP contribution < -0.4 is 10.2 Å². The van der Waals surface area contributed by atoms with Crippen LogP contribution in [-0.4, -0.2) is 22.6 Å². The summed E-state index contributed by atoms with van der Waals surface area (Å²) in [5.41, 5.74) is 0. The van der Waals surface area contributed by atoms with Crippen molar-refractivity contribution in [3.05, 3.63) is 0 Å². The summed E-state index contributed by atoms with van der Waals surface area (Å²) in [7, 11) is -3.74. The second-order valence-electron chi connectivity index (χ2n) is 1.54. The van der Waals surface area contributed by atoms with Crippen LogP contribution in [0.1, 0.15) is 6.92 Å². The average Bonchev–Trinajstić information content (AvgIpc) is 1.59. The molecule has 4 N–H and O–H groups in total. The zero-order chi connectivity index (χ0) is 6.62. The van der Waals surface area contributed by atoms with Crippen LogP contribution in [0.5, 0.6) is 0 Å². The molecule has 8 heavy (non-hydrogen) atoms. The van der Waals surface area contributed by atoms with E-state index in [-0.39, 0.29) is 6.29 Å². The number of hydrogen-bond donors (Lipinski definition) is 3. The van der Waals surface area contributed by atoms with E-state index < -0.39 is 7.94 Å². The molecule has 0 aliphatic heterocycles. The lowest BCUT2D eigenvalue weighted by Gasteiger charge is -2.11. The second kappa shape index (κ2) is 3.33. The van der Waals surface area contributed by atoms with E-state index in [4.69, 9.17) is 9.79 Å². The standard InChI is InChI=1S/C3H10NO3P/c1-2-4-3-8(5,6)7/h4H,2-3H2,1H3,(H2,5,6,7)/p+1. The summed E-state index contributed by atoms with van der Waals surface area (Å²) in [5.74, 6) is 0. The van der Waals surface area contributed by atoms with Crippen molar-refractivity contribution in [1.82, 2.24) is 0 Å². The van der Waals surface area contributed by atoms with Crippen LogP contribution in [0.3, 0.4) is 0 Å². The van der Waals surface area contributed by atoms with E-state index >= 15 is 0 Å². The van der Waals surface area contributed by atoms with Crippen molar-refractivity contribution in [3.8, 4) is 0 Å². The van der Waals surface area contributed by atoms with Gasteiger partial charge >= 0.3 is 0 Å². The lowest BCUT2D eigenvalue weighted by molar-refractivity contribution is -0.640. The summed E-state index contributed by atoms with van der Waals surface area (Å²) in [6, 6.07) is 0. The van der Waals surface area contributed by atoms with Gasteiger partial charge in [0.05, 0.1) is 6.54 Å². The van der Waals surface area contributed by atoms with Crippen LogP contribution in [0.2, 0.25) is 0 Å². The van der Waals surface area contributed by atoms with Crippen LogP contribution in [0.4, 0.5) is 0 Å². The highest BCUT2D eigenvalue weighted by molar-refractivity contribution is 7.56. The van der Waals surface area contributed by atoms with Gasteiger partial charge in [-0.1, -0.05) is 0 Å². The number of nitrogens with two attached hydrogens (primary N) is 1. The molecule has 0 bridgehead atoms. The fourth-order valence-electron chi connectivity index (χ4n) is 0.297. The molecule has 4 nitrogen and oxygen atoms in total. The Kier molecular flexibility index (Phi) is 3.44. The summed E-state index contributed by atoms with van der Waals surface area (Å²) in [5, 5.41) is 1.57. The summed E-state index contributed by atoms with van der Waals surface area (Å²) in [4.78, 5) is 26.5. The highest BCUT2D eigenvalue weighted by Gasteiger charge is 2.18. The Labute approximate surface area is 48.7 Å². The monoisotopic (exact) mass is 140 g/mol. The zero-order valence-electron chi connectivity index (χ0n) is 4.74. The second-order valence-corrected chi connectivity index (χ2v) is 3.24. The molecule has 0 heterocycles. The predicted octanol–water partition coefficient (Wildman–Crippen LogP) is -2.37. The fourth-order valence-corrected chi connectivity index (χ4v) is 0.892. The zero-order valence-corrected chi connectivity index (χ0v) is 5.64. The Bertz CT molecular complexity index is 62.0. The van der Waals surface area contributed by atoms with Crippen LogP contribution in [0.25, 0.3) is 0 Å². The van der Waals surface area contributed by atoms with Crippen LogP contribution in [0.15, 0.2) is 0 Å². The van der Waals surface area contributed by atoms with Gasteiger partial charge in [0.15, 0.2) is 0 Å². The van der Waals surface area contributed by atoms with E-state index in [0.29, 0.717) is 6.54 Å². The van der Waals surface area contributed by atoms with E-state index in [9.17, 15) is 4.89 Å². The minimum atomic E-state index is -3.74. The van der Waals surface area contributed by atoms with E-state index in [1.807, 2.05) is 6.92 Å². The number of rotatable bonds is 3. The molecule has 0 fully saturated rings. The van der Waals surface area contributed by atoms with Gasteiger partial charge in [0.1, 0.15) is 0 Å². The molecule has 50 valence electrons. The minimum Gasteiger partial charge on any atom is -0.627 e. The first-order valence-corrected chi connectivity index (χ1v) is 4.22. The van der Waals surface area contributed by atoms with Crippen molar-refractivity contribution in [2.24, 2.45) is 0 Å². The van der Waals surface area contributed by atoms with Gasteiger partial charge in [-0.25, -0.2) is 9.79 Å². The lowest BCUT2D eigenvalue weighted by atomic mass is 10.8. The van der Waals surface area contributed by atoms with Crippen LogP contribution in [0, 0.1) is 0 Å². The molecule has 0 aromatic carbocycles. The van der Waals surface area contributed by atoms with Gasteiger partial charge in [-0.05, 0) is 6.92 Å². The normalized spacial score (nSPS) is 12.0. The highest BCUT2D eigenvalue weighted by atomic mass is 31.2. The third-order valence-corrected chi connectivity index (χ3v) is 1.39. The van der Waals surface area contributed by atoms with Gasteiger partial charge in [0, 0.05) is 0 Å². The highest BCUT2D eigenvalue weighted by Crippen LogP contribution is 2.34. The summed E-state index contributed by atoms with van der Waals surface area (Å²) < 4.78 is 0. The van der Waals surface area contributed by atoms with Gasteiger partial charge in [0.25, 0.3) is 7.94 Å². The molecule has 0 radical (unpaired) electrons. The van der Waals surface area contributed by atoms with Crippen molar-refractivity contribution >= 4 is 7.94 Å². The van der Waals surface area contributed by atoms with E-state index in [1.54, 1.807) is 5.32 Å². The number of quaternary nitrogens is 1. The summed E-state index contributed by atoms with van der Waals surface area (Å²) >= 11 is 0. The summed E-state index contributed by atoms with van der Waals surface area (Å²) in [6.45, 7) is 2.56. The van der Waals surface area contributed by atoms with Gasteiger partial charge < -0.3 is 10.2 Å². The minimum absolute atomic E-state index is 0.0938. The maximum Gasteiger partial charge on any atom is 0.285 e. The van der Waals surface area contributed by atoms with Gasteiger partial charge in [-0.2, -0.15) is 0 Å². The third-order valence-electron chi connectivity index (χ3n) is 0.656. The molecule has 0 aromatic heterocycles. The Morgan fingerprint density at radius 1 is 1.62 bits per heavy atom. The maximum atomic E-state index is 10.1. The predicted molar refractivity (Wildman–Crippen MR) is 28.7 cm³/mol. The smallest absolute Gasteiger partial charge is 0.285 e. The lowest BCUT2D eigenvalue weighted by Crippen LogP contribution is -2.84. The first-order chi connectivity index (χ1) is 3.56. The number of hydrogen-bond acceptors (Lipinski definition) is 3. The van der Waals surface area contributed by atoms with Gasteiger partial charge in [-0.15, -0.1) is 0 Å². The molecule has 0 saturated heterocycles. The Hall–Kier alpha value is 0.270. The van der Waals surface area contributed by atoms with Crippen LogP contribution in [-0.2, 0) is 0 Å². The molecular weight excluding hydrogens is 129 g/mol. The van der Waals surface area contributed by atoms with Crippen LogP contribution >= 0.6 is 7.94 Å². The SMILES string of the molecule is CC[NH2+]C[P+]([O-])(O)O. The maximum absolute atomic E-state index is 10.1. The molecule has 0 unspecified atom stereocenters. The largest absolute Gasteiger partial charge is 0.627 e. The Morgan fingerprint density at radius 3 is 2.25 bits per heavy atom. The molecule has 0 aromatic rings. The molecule has 5 heteroatoms. The van der Waals surface area contributed by atoms with E-state index in [0.717, 1.165) is 0 Å². The fraction of sp³-hybridized carbons (Fsp3) is 1.00. The Morgan fingerprint density at radius 2 is 2.12 bits per heavy atom. The molecule has 0 spiro atoms. The molecular formula is C3H11NO3P+. The van der Waals surface area contributed by atoms with Gasteiger partial charge in [0.2, 0.25) is 6.29 Å². The van der Waals surface area contributed by atoms with E-state index in [2.05, 4.69) is 0 Å². The first-order valence-electron chi connectivity index (χ1n) is 2.42. The molecule has 0 aliphatic carbocycles. The molecule has 0 atom stereocenters. The van der Waals surface area contributed by atoms with Crippen molar-refractivity contribution < 1.29 is 20.0 Å². The third kappa shape index (κ3) is 6.27. The molecule has 0 rings (SSSR count). The summed E-state index contributed by atoms with van der Waals surface area (Å²) in [6.07, 6.45) is -0.0938. The average molecular weight is 140 g/mol. The molecule has 0 aliphatic rings.